The monoisotopic (exact) mass is 455 g/mol. The molecule has 3 heterocycles. The molecular weight excluding hydrogens is 442 g/mol. The summed E-state index contributed by atoms with van der Waals surface area (Å²) < 4.78 is 0. The van der Waals surface area contributed by atoms with Crippen molar-refractivity contribution >= 4 is 53.1 Å². The largest absolute Gasteiger partial charge is 0.364 e. The molecule has 2 fully saturated rings. The average Bonchev–Trinajstić information content (AvgIpc) is 3.40. The Morgan fingerprint density at radius 2 is 0.970 bits per heavy atom. The molecule has 0 N–H and O–H groups in total. The molecule has 0 aromatic heterocycles. The molecule has 168 valence electrons. The molecule has 0 saturated carbocycles. The molecule has 0 bridgehead atoms. The Balaban J connectivity index is 1.67. The van der Waals surface area contributed by atoms with Crippen LogP contribution in [-0.2, 0) is 38.4 Å². The summed E-state index contributed by atoms with van der Waals surface area (Å²) in [5, 5.41) is 0.560. The minimum absolute atomic E-state index is 0.149. The van der Waals surface area contributed by atoms with Crippen molar-refractivity contribution in [3.05, 3.63) is 41.5 Å². The molecule has 1 aromatic carbocycles. The zero-order chi connectivity index (χ0) is 23.9. The zero-order valence-corrected chi connectivity index (χ0v) is 16.6. The van der Waals surface area contributed by atoms with Crippen molar-refractivity contribution in [3.63, 3.8) is 0 Å². The summed E-state index contributed by atoms with van der Waals surface area (Å²) in [5.74, 6) is -6.99. The summed E-state index contributed by atoms with van der Waals surface area (Å²) >= 11 is 0. The number of carbonyl (C=O) groups excluding carboxylic acids is 8. The first-order valence-corrected chi connectivity index (χ1v) is 9.53. The SMILES string of the molecule is O=C(ON1C(=O)CCC1=O)c1cc(C(=O)ON2C(=O)CCC2=O)cc(N2C(=O)C=CC2=O)c1. The minimum Gasteiger partial charge on any atom is -0.325 e. The fraction of sp³-hybridized carbons (Fsp3) is 0.200. The molecule has 1 aromatic rings. The van der Waals surface area contributed by atoms with E-state index in [9.17, 15) is 38.4 Å². The number of benzene rings is 1. The second kappa shape index (κ2) is 8.11. The third-order valence-electron chi connectivity index (χ3n) is 4.82. The second-order valence-corrected chi connectivity index (χ2v) is 7.03. The summed E-state index contributed by atoms with van der Waals surface area (Å²) in [6, 6.07) is 2.99. The lowest BCUT2D eigenvalue weighted by Gasteiger charge is -2.18. The number of hydroxylamine groups is 4. The second-order valence-electron chi connectivity index (χ2n) is 7.03. The highest BCUT2D eigenvalue weighted by Gasteiger charge is 2.36. The highest BCUT2D eigenvalue weighted by molar-refractivity contribution is 6.28. The van der Waals surface area contributed by atoms with Gasteiger partial charge in [-0.05, 0) is 18.2 Å². The number of hydrogen-bond donors (Lipinski definition) is 0. The van der Waals surface area contributed by atoms with Gasteiger partial charge in [-0.3, -0.25) is 28.8 Å². The number of hydrogen-bond acceptors (Lipinski definition) is 10. The number of nitrogens with zero attached hydrogens (tertiary/aromatic N) is 3. The van der Waals surface area contributed by atoms with E-state index in [2.05, 4.69) is 0 Å². The Morgan fingerprint density at radius 3 is 1.33 bits per heavy atom. The first-order chi connectivity index (χ1) is 15.7. The van der Waals surface area contributed by atoms with Gasteiger partial charge in [-0.1, -0.05) is 0 Å². The third-order valence-corrected chi connectivity index (χ3v) is 4.82. The molecule has 13 heteroatoms. The fourth-order valence-corrected chi connectivity index (χ4v) is 3.22. The lowest BCUT2D eigenvalue weighted by atomic mass is 10.1. The van der Waals surface area contributed by atoms with Crippen molar-refractivity contribution < 1.29 is 48.0 Å². The maximum absolute atomic E-state index is 12.6. The van der Waals surface area contributed by atoms with Crippen LogP contribution in [0.3, 0.4) is 0 Å². The molecule has 0 aliphatic carbocycles. The van der Waals surface area contributed by atoms with Gasteiger partial charge in [0.25, 0.3) is 35.4 Å². The molecule has 0 spiro atoms. The topological polar surface area (TPSA) is 165 Å². The maximum atomic E-state index is 12.6. The molecule has 0 unspecified atom stereocenters. The van der Waals surface area contributed by atoms with Crippen molar-refractivity contribution in [1.82, 2.24) is 10.1 Å². The molecule has 0 radical (unpaired) electrons. The van der Waals surface area contributed by atoms with E-state index >= 15 is 0 Å². The van der Waals surface area contributed by atoms with Gasteiger partial charge in [0.2, 0.25) is 0 Å². The molecule has 4 rings (SSSR count). The van der Waals surface area contributed by atoms with E-state index in [0.717, 1.165) is 30.4 Å². The number of anilines is 1. The van der Waals surface area contributed by atoms with E-state index in [0.29, 0.717) is 4.90 Å². The lowest BCUT2D eigenvalue weighted by molar-refractivity contribution is -0.173. The highest BCUT2D eigenvalue weighted by Crippen LogP contribution is 2.25. The predicted molar refractivity (Wildman–Crippen MR) is 101 cm³/mol. The maximum Gasteiger partial charge on any atom is 0.364 e. The summed E-state index contributed by atoms with van der Waals surface area (Å²) in [6.45, 7) is 0. The number of rotatable bonds is 5. The van der Waals surface area contributed by atoms with Gasteiger partial charge in [-0.25, -0.2) is 14.5 Å². The van der Waals surface area contributed by atoms with Crippen molar-refractivity contribution in [1.29, 1.82) is 0 Å². The Hall–Kier alpha value is -4.68. The van der Waals surface area contributed by atoms with E-state index in [1.807, 2.05) is 0 Å². The molecule has 6 amide bonds. The predicted octanol–water partition coefficient (Wildman–Crippen LogP) is -0.442. The van der Waals surface area contributed by atoms with Crippen LogP contribution in [0, 0.1) is 0 Å². The molecular formula is C20H13N3O10. The Bertz CT molecular complexity index is 1080. The van der Waals surface area contributed by atoms with E-state index in [1.165, 1.54) is 0 Å². The minimum atomic E-state index is -1.24. The van der Waals surface area contributed by atoms with Crippen LogP contribution in [0.2, 0.25) is 0 Å². The standard InChI is InChI=1S/C20H13N3O10/c24-13-1-2-14(25)21(13)12-8-10(19(30)32-22-15(26)3-4-16(22)27)7-11(9-12)20(31)33-23-17(28)5-6-18(23)29/h1-2,7-9H,3-6H2. The third kappa shape index (κ3) is 3.98. The van der Waals surface area contributed by atoms with Crippen LogP contribution < -0.4 is 4.90 Å². The quantitative estimate of drug-likeness (QED) is 0.531. The Morgan fingerprint density at radius 1 is 0.606 bits per heavy atom. The van der Waals surface area contributed by atoms with Gasteiger partial charge in [0.1, 0.15) is 0 Å². The van der Waals surface area contributed by atoms with Crippen LogP contribution in [0.25, 0.3) is 0 Å². The zero-order valence-electron chi connectivity index (χ0n) is 16.6. The van der Waals surface area contributed by atoms with Gasteiger partial charge in [-0.15, -0.1) is 10.1 Å². The van der Waals surface area contributed by atoms with Crippen molar-refractivity contribution in [2.24, 2.45) is 0 Å². The van der Waals surface area contributed by atoms with Gasteiger partial charge in [0.05, 0.1) is 16.8 Å². The van der Waals surface area contributed by atoms with Crippen LogP contribution in [-0.4, -0.2) is 57.5 Å². The molecule has 33 heavy (non-hydrogen) atoms. The summed E-state index contributed by atoms with van der Waals surface area (Å²) in [7, 11) is 0. The summed E-state index contributed by atoms with van der Waals surface area (Å²) in [5.41, 5.74) is -1.06. The van der Waals surface area contributed by atoms with Crippen LogP contribution in [0.4, 0.5) is 5.69 Å². The smallest absolute Gasteiger partial charge is 0.325 e. The molecule has 3 aliphatic rings. The van der Waals surface area contributed by atoms with E-state index < -0.39 is 58.5 Å². The summed E-state index contributed by atoms with van der Waals surface area (Å²) in [6.07, 6.45) is 1.34. The molecule has 0 atom stereocenters. The number of carbonyl (C=O) groups is 8. The van der Waals surface area contributed by atoms with Gasteiger partial charge in [-0.2, -0.15) is 0 Å². The first kappa shape index (κ1) is 21.5. The van der Waals surface area contributed by atoms with Gasteiger partial charge >= 0.3 is 11.9 Å². The lowest BCUT2D eigenvalue weighted by Crippen LogP contribution is -2.34. The first-order valence-electron chi connectivity index (χ1n) is 9.53. The average molecular weight is 455 g/mol. The number of amides is 6. The fourth-order valence-electron chi connectivity index (χ4n) is 3.22. The molecule has 2 saturated heterocycles. The highest BCUT2D eigenvalue weighted by atomic mass is 16.7. The van der Waals surface area contributed by atoms with Crippen molar-refractivity contribution in [2.75, 3.05) is 4.90 Å². The molecule has 13 nitrogen and oxygen atoms in total. The Labute approximate surface area is 184 Å². The normalized spacial score (nSPS) is 18.1. The summed E-state index contributed by atoms with van der Waals surface area (Å²) in [4.78, 5) is 107. The van der Waals surface area contributed by atoms with Gasteiger partial charge < -0.3 is 9.68 Å². The van der Waals surface area contributed by atoms with Crippen molar-refractivity contribution in [2.45, 2.75) is 25.7 Å². The molecule has 3 aliphatic heterocycles. The Kier molecular flexibility index (Phi) is 5.29. The number of imide groups is 3. The van der Waals surface area contributed by atoms with Crippen LogP contribution in [0.15, 0.2) is 30.4 Å². The van der Waals surface area contributed by atoms with Crippen LogP contribution in [0.1, 0.15) is 46.4 Å². The van der Waals surface area contributed by atoms with E-state index in [4.69, 9.17) is 9.68 Å². The van der Waals surface area contributed by atoms with E-state index in [-0.39, 0.29) is 41.5 Å². The van der Waals surface area contributed by atoms with Crippen LogP contribution >= 0.6 is 0 Å². The van der Waals surface area contributed by atoms with Gasteiger partial charge in [0.15, 0.2) is 0 Å². The van der Waals surface area contributed by atoms with E-state index in [1.54, 1.807) is 0 Å². The van der Waals surface area contributed by atoms with Crippen molar-refractivity contribution in [3.8, 4) is 0 Å². The van der Waals surface area contributed by atoms with Gasteiger partial charge in [0, 0.05) is 37.8 Å². The van der Waals surface area contributed by atoms with Crippen LogP contribution in [0.5, 0.6) is 0 Å².